The molecule has 7 N–H and O–H groups in total. The number of anilines is 1. The molecule has 22 heteroatoms. The van der Waals surface area contributed by atoms with Gasteiger partial charge in [-0.3, -0.25) is 14.4 Å². The van der Waals surface area contributed by atoms with Gasteiger partial charge < -0.3 is 40.7 Å². The number of hydrogen-bond acceptors (Lipinski definition) is 17. The molecule has 15 nitrogen and oxygen atoms in total. The van der Waals surface area contributed by atoms with E-state index < -0.39 is 15.2 Å². The Morgan fingerprint density at radius 3 is 1.25 bits per heavy atom. The van der Waals surface area contributed by atoms with Gasteiger partial charge in [0.1, 0.15) is 50.1 Å². The van der Waals surface area contributed by atoms with Crippen LogP contribution in [0.1, 0.15) is 204 Å². The molecule has 6 aliphatic rings. The highest BCUT2D eigenvalue weighted by molar-refractivity contribution is 8.26. The largest absolute Gasteiger partial charge is 0.508 e. The van der Waals surface area contributed by atoms with Gasteiger partial charge in [0.15, 0.2) is 0 Å². The van der Waals surface area contributed by atoms with Crippen molar-refractivity contribution < 1.29 is 58.4 Å². The molecule has 6 saturated carbocycles. The van der Waals surface area contributed by atoms with Crippen LogP contribution in [-0.4, -0.2) is 62.9 Å². The van der Waals surface area contributed by atoms with E-state index in [1.54, 1.807) is 17.4 Å². The first-order chi connectivity index (χ1) is 51.1. The van der Waals surface area contributed by atoms with Crippen LogP contribution in [0.3, 0.4) is 0 Å². The van der Waals surface area contributed by atoms with Gasteiger partial charge in [0.25, 0.3) is 0 Å². The summed E-state index contributed by atoms with van der Waals surface area (Å²) >= 11 is 12.7. The number of hydrogen-bond donors (Lipinski definition) is 7. The Morgan fingerprint density at radius 1 is 0.481 bits per heavy atom. The van der Waals surface area contributed by atoms with Crippen LogP contribution in [0.5, 0.6) is 34.5 Å². The maximum absolute atomic E-state index is 13.6. The lowest BCUT2D eigenvalue weighted by Gasteiger charge is -2.37. The summed E-state index contributed by atoms with van der Waals surface area (Å²) in [6.07, 6.45) is 33.5. The fourth-order valence-electron chi connectivity index (χ4n) is 16.7. The topological polar surface area (TPSA) is 257 Å². The molecule has 0 radical (unpaired) electrons. The Balaban J connectivity index is 0.000000183. The second kappa shape index (κ2) is 41.9. The number of carboxylic acid groups (broad SMARTS) is 1. The SMILES string of the molecule is CCC1CCC(C2CCC(C(=O)Cl)CC2)CC1.CCC1CCC(C2CCC(C(=O)Oc3ccc(OC(=O)C4CCC(C5CCC(CC)CC5)CC4)c(-c4nc5ccccc5s4)c3)CC2)CC1.Nc1ccccc1S.O=C(O)c1cc(O)ccc1O.O=S(Cl)Cl.Oc1ccc(O)c(-c2nc3ccccc3s2)c1. The molecule has 0 spiro atoms. The van der Waals surface area contributed by atoms with Crippen LogP contribution < -0.4 is 15.2 Å². The number of halogens is 3. The monoisotopic (exact) mass is 1580 g/mol. The summed E-state index contributed by atoms with van der Waals surface area (Å²) in [6.45, 7) is 6.98. The van der Waals surface area contributed by atoms with Crippen molar-refractivity contribution in [2.45, 2.75) is 199 Å². The first-order valence-corrected chi connectivity index (χ1v) is 43.4. The molecular weight excluding hydrogens is 1480 g/mol. The average Bonchev–Trinajstić information content (AvgIpc) is 1.05. The summed E-state index contributed by atoms with van der Waals surface area (Å²) in [5.41, 5.74) is 8.96. The summed E-state index contributed by atoms with van der Waals surface area (Å²) < 4.78 is 23.5. The summed E-state index contributed by atoms with van der Waals surface area (Å²) in [5, 5.41) is 46.7. The second-order valence-electron chi connectivity index (χ2n) is 29.6. The highest BCUT2D eigenvalue weighted by Gasteiger charge is 2.37. The van der Waals surface area contributed by atoms with E-state index in [4.69, 9.17) is 51.3 Å². The smallest absolute Gasteiger partial charge is 0.339 e. The number of fused-ring (bicyclic) bond motifs is 2. The maximum atomic E-state index is 13.6. The first kappa shape index (κ1) is 83.6. The van der Waals surface area contributed by atoms with Gasteiger partial charge >= 0.3 is 17.9 Å². The lowest BCUT2D eigenvalue weighted by atomic mass is 9.69. The van der Waals surface area contributed by atoms with Crippen LogP contribution >= 0.6 is 68.3 Å². The number of carboxylic acids is 1. The third kappa shape index (κ3) is 24.8. The molecule has 0 amide bonds. The van der Waals surface area contributed by atoms with Crippen LogP contribution in [-0.2, 0) is 23.6 Å². The zero-order valence-corrected chi connectivity index (χ0v) is 66.6. The Bertz CT molecular complexity index is 4050. The van der Waals surface area contributed by atoms with E-state index in [-0.39, 0.29) is 63.5 Å². The zero-order chi connectivity index (χ0) is 75.8. The van der Waals surface area contributed by atoms with Crippen molar-refractivity contribution in [2.24, 2.45) is 71.0 Å². The normalized spacial score (nSPS) is 24.3. The van der Waals surface area contributed by atoms with E-state index in [9.17, 15) is 29.4 Å². The molecular formula is C84H104Cl3N3O12S4. The predicted octanol–water partition coefficient (Wildman–Crippen LogP) is 23.4. The summed E-state index contributed by atoms with van der Waals surface area (Å²) in [7, 11) is 7.36. The summed E-state index contributed by atoms with van der Waals surface area (Å²) in [4.78, 5) is 58.6. The number of phenolic OH excluding ortho intramolecular Hbond substituents is 3. The molecule has 2 aromatic heterocycles. The minimum atomic E-state index is -1.67. The van der Waals surface area contributed by atoms with E-state index in [0.29, 0.717) is 27.6 Å². The number of phenols is 4. The van der Waals surface area contributed by atoms with Crippen LogP contribution in [0, 0.1) is 71.0 Å². The molecule has 572 valence electrons. The van der Waals surface area contributed by atoms with E-state index in [1.807, 2.05) is 78.9 Å². The number of carbonyl (C=O) groups excluding carboxylic acids is 3. The number of para-hydroxylation sites is 3. The van der Waals surface area contributed by atoms with Gasteiger partial charge in [-0.1, -0.05) is 115 Å². The number of aromatic nitrogens is 2. The number of rotatable bonds is 14. The fourth-order valence-corrected chi connectivity index (χ4v) is 19.1. The third-order valence-corrected chi connectivity index (χ3v) is 26.1. The number of nitrogen functional groups attached to an aromatic ring is 1. The zero-order valence-electron chi connectivity index (χ0n) is 61.0. The van der Waals surface area contributed by atoms with Crippen molar-refractivity contribution in [3.63, 3.8) is 0 Å². The highest BCUT2D eigenvalue weighted by Crippen LogP contribution is 2.47. The molecule has 6 aliphatic carbocycles. The van der Waals surface area contributed by atoms with Crippen molar-refractivity contribution in [1.29, 1.82) is 0 Å². The number of ether oxygens (including phenoxy) is 2. The van der Waals surface area contributed by atoms with Crippen molar-refractivity contribution in [3.8, 4) is 55.6 Å². The Hall–Kier alpha value is -6.45. The summed E-state index contributed by atoms with van der Waals surface area (Å²) in [5.74, 6) is 7.09. The minimum Gasteiger partial charge on any atom is -0.508 e. The molecule has 0 aliphatic heterocycles. The first-order valence-electron chi connectivity index (χ1n) is 38.1. The molecule has 6 aromatic carbocycles. The Labute approximate surface area is 654 Å². The molecule has 0 bridgehead atoms. The number of benzene rings is 6. The molecule has 0 atom stereocenters. The Kier molecular flexibility index (Phi) is 33.1. The Morgan fingerprint density at radius 2 is 0.858 bits per heavy atom. The van der Waals surface area contributed by atoms with Gasteiger partial charge in [-0.2, -0.15) is 0 Å². The van der Waals surface area contributed by atoms with Crippen molar-refractivity contribution in [3.05, 3.63) is 133 Å². The number of nitrogens with zero attached hydrogens (tertiary/aromatic N) is 2. The molecule has 6 fully saturated rings. The molecule has 14 rings (SSSR count). The van der Waals surface area contributed by atoms with Crippen LogP contribution in [0.2, 0.25) is 0 Å². The maximum Gasteiger partial charge on any atom is 0.339 e. The molecule has 0 saturated heterocycles. The van der Waals surface area contributed by atoms with E-state index in [0.717, 1.165) is 166 Å². The van der Waals surface area contributed by atoms with Crippen LogP contribution in [0.15, 0.2) is 132 Å². The van der Waals surface area contributed by atoms with Crippen molar-refractivity contribution in [1.82, 2.24) is 9.97 Å². The number of thiazole rings is 2. The number of thiol groups is 1. The van der Waals surface area contributed by atoms with Gasteiger partial charge in [-0.15, -0.1) is 35.3 Å². The fraction of sp³-hybridized carbons (Fsp3) is 0.500. The third-order valence-electron chi connectivity index (χ3n) is 23.3. The molecule has 106 heavy (non-hydrogen) atoms. The van der Waals surface area contributed by atoms with E-state index >= 15 is 0 Å². The lowest BCUT2D eigenvalue weighted by Crippen LogP contribution is -2.30. The van der Waals surface area contributed by atoms with Gasteiger partial charge in [-0.25, -0.2) is 19.0 Å². The second-order valence-corrected chi connectivity index (χ2v) is 35.1. The highest BCUT2D eigenvalue weighted by atomic mass is 36.0. The van der Waals surface area contributed by atoms with E-state index in [2.05, 4.69) is 65.8 Å². The lowest BCUT2D eigenvalue weighted by molar-refractivity contribution is -0.141. The van der Waals surface area contributed by atoms with Gasteiger partial charge in [0.05, 0.1) is 43.4 Å². The predicted molar refractivity (Wildman–Crippen MR) is 434 cm³/mol. The van der Waals surface area contributed by atoms with Crippen molar-refractivity contribution in [2.75, 3.05) is 5.73 Å². The van der Waals surface area contributed by atoms with Crippen LogP contribution in [0.4, 0.5) is 5.69 Å². The van der Waals surface area contributed by atoms with Gasteiger partial charge in [0, 0.05) is 37.9 Å². The molecule has 8 aromatic rings. The number of esters is 2. The number of nitrogens with two attached hydrogens (primary N) is 1. The van der Waals surface area contributed by atoms with Gasteiger partial charge in [0.2, 0.25) is 14.5 Å². The average molecular weight is 1580 g/mol. The quantitative estimate of drug-likeness (QED) is 0.0133. The molecule has 2 heterocycles. The number of aromatic hydroxyl groups is 4. The summed E-state index contributed by atoms with van der Waals surface area (Å²) in [6, 6.07) is 36.5. The van der Waals surface area contributed by atoms with Gasteiger partial charge in [-0.05, 0) is 271 Å². The van der Waals surface area contributed by atoms with E-state index in [1.165, 1.54) is 145 Å². The molecule has 0 unspecified atom stereocenters. The number of carbonyl (C=O) groups is 4. The number of aromatic carboxylic acids is 1. The standard InChI is InChI=1S/C43H57NO4S.C15H25ClO.C13H9NO2S.C7H6O4.C6H7NS.Cl2OS/c1-3-28-9-13-30(14-10-28)32-17-21-34(22-18-32)42(45)47-36-25-26-39(37(27-36)41-44-38-7-5-6-8-40(38)49-41)48-43(46)35-23-19-33(20-24-35)31-15-11-29(4-2)12-16-31;1-2-11-3-5-12(6-4-11)13-7-9-14(10-8-13)15(16)17;15-8-5-6-11(16)9(7-8)13-14-10-3-1-2-4-12(10)17-13;8-4-1-2-6(9)5(3-4)7(10)11;7-5-3-1-2-4-6(5)8;1-4(2)3/h5-8,25-35H,3-4,9-24H2,1-2H3;11-14H,2-10H2,1H3;1-7,15-16H;1-3,8-9H,(H,10,11);1-4,8H,7H2;. The minimum absolute atomic E-state index is 0.0524. The van der Waals surface area contributed by atoms with Crippen molar-refractivity contribution >= 4 is 127 Å². The van der Waals surface area contributed by atoms with Crippen LogP contribution in [0.25, 0.3) is 41.6 Å².